The van der Waals surface area contributed by atoms with E-state index in [1.54, 1.807) is 11.3 Å². The van der Waals surface area contributed by atoms with Crippen LogP contribution in [0.3, 0.4) is 0 Å². The van der Waals surface area contributed by atoms with Crippen molar-refractivity contribution in [2.45, 2.75) is 59.5 Å². The zero-order chi connectivity index (χ0) is 13.9. The highest BCUT2D eigenvalue weighted by molar-refractivity contribution is 7.15. The Kier molecular flexibility index (Phi) is 8.75. The lowest BCUT2D eigenvalue weighted by atomic mass is 10.0. The van der Waals surface area contributed by atoms with E-state index in [0.29, 0.717) is 12.5 Å². The molecule has 0 bridgehead atoms. The Morgan fingerprint density at radius 3 is 2.74 bits per heavy atom. The number of aromatic nitrogens is 2. The van der Waals surface area contributed by atoms with Crippen LogP contribution in [0.2, 0.25) is 0 Å². The van der Waals surface area contributed by atoms with Crippen molar-refractivity contribution in [2.75, 3.05) is 18.5 Å². The number of ether oxygens (including phenoxy) is 1. The molecule has 1 aromatic heterocycles. The van der Waals surface area contributed by atoms with Crippen molar-refractivity contribution in [3.05, 3.63) is 5.01 Å². The van der Waals surface area contributed by atoms with Crippen LogP contribution in [0.4, 0.5) is 5.13 Å². The molecule has 110 valence electrons. The molecule has 0 saturated carbocycles. The van der Waals surface area contributed by atoms with Crippen molar-refractivity contribution in [2.24, 2.45) is 5.92 Å². The summed E-state index contributed by atoms with van der Waals surface area (Å²) in [6.45, 7) is 8.99. The monoisotopic (exact) mass is 285 g/mol. The molecule has 0 fully saturated rings. The van der Waals surface area contributed by atoms with Gasteiger partial charge in [-0.2, -0.15) is 0 Å². The minimum Gasteiger partial charge on any atom is -0.374 e. The highest BCUT2D eigenvalue weighted by Crippen LogP contribution is 2.17. The van der Waals surface area contributed by atoms with Gasteiger partial charge in [0.25, 0.3) is 0 Å². The largest absolute Gasteiger partial charge is 0.374 e. The molecule has 5 heteroatoms. The molecule has 0 saturated heterocycles. The molecule has 1 heterocycles. The fourth-order valence-electron chi connectivity index (χ4n) is 1.83. The summed E-state index contributed by atoms with van der Waals surface area (Å²) in [4.78, 5) is 0. The van der Waals surface area contributed by atoms with Gasteiger partial charge in [-0.15, -0.1) is 10.2 Å². The van der Waals surface area contributed by atoms with Crippen LogP contribution in [-0.2, 0) is 11.3 Å². The van der Waals surface area contributed by atoms with Crippen LogP contribution in [0.25, 0.3) is 0 Å². The summed E-state index contributed by atoms with van der Waals surface area (Å²) in [6, 6.07) is 0. The predicted octanol–water partition coefficient (Wildman–Crippen LogP) is 4.09. The van der Waals surface area contributed by atoms with Gasteiger partial charge in [-0.25, -0.2) is 0 Å². The van der Waals surface area contributed by atoms with E-state index in [9.17, 15) is 0 Å². The number of nitrogens with one attached hydrogen (secondary N) is 1. The quantitative estimate of drug-likeness (QED) is 0.665. The van der Waals surface area contributed by atoms with Crippen LogP contribution < -0.4 is 5.32 Å². The smallest absolute Gasteiger partial charge is 0.205 e. The van der Waals surface area contributed by atoms with Gasteiger partial charge in [0, 0.05) is 13.2 Å². The molecule has 0 aliphatic heterocycles. The number of nitrogens with zero attached hydrogens (tertiary/aromatic N) is 2. The van der Waals surface area contributed by atoms with Crippen molar-refractivity contribution < 1.29 is 4.74 Å². The molecule has 1 atom stereocenters. The van der Waals surface area contributed by atoms with Gasteiger partial charge in [-0.3, -0.25) is 0 Å². The van der Waals surface area contributed by atoms with Crippen LogP contribution in [0.15, 0.2) is 0 Å². The predicted molar refractivity (Wildman–Crippen MR) is 81.7 cm³/mol. The van der Waals surface area contributed by atoms with Crippen LogP contribution in [0.1, 0.15) is 57.9 Å². The van der Waals surface area contributed by atoms with Crippen molar-refractivity contribution in [1.82, 2.24) is 10.2 Å². The zero-order valence-corrected chi connectivity index (χ0v) is 13.3. The highest BCUT2D eigenvalue weighted by atomic mass is 32.1. The van der Waals surface area contributed by atoms with Crippen LogP contribution in [0.5, 0.6) is 0 Å². The highest BCUT2D eigenvalue weighted by Gasteiger charge is 2.08. The molecule has 0 aromatic carbocycles. The average Bonchev–Trinajstić information content (AvgIpc) is 2.88. The number of unbranched alkanes of at least 4 members (excludes halogenated alkanes) is 1. The second-order valence-corrected chi connectivity index (χ2v) is 5.92. The third-order valence-electron chi connectivity index (χ3n) is 3.12. The van der Waals surface area contributed by atoms with E-state index in [0.717, 1.165) is 29.7 Å². The van der Waals surface area contributed by atoms with Gasteiger partial charge in [0.05, 0.1) is 0 Å². The Bertz CT molecular complexity index is 330. The molecule has 0 aliphatic carbocycles. The third kappa shape index (κ3) is 6.87. The summed E-state index contributed by atoms with van der Waals surface area (Å²) in [5.74, 6) is 0.686. The van der Waals surface area contributed by atoms with Crippen molar-refractivity contribution in [3.63, 3.8) is 0 Å². The second-order valence-electron chi connectivity index (χ2n) is 4.86. The topological polar surface area (TPSA) is 47.0 Å². The van der Waals surface area contributed by atoms with Gasteiger partial charge in [0.15, 0.2) is 0 Å². The fourth-order valence-corrected chi connectivity index (χ4v) is 2.53. The van der Waals surface area contributed by atoms with Gasteiger partial charge in [-0.05, 0) is 18.8 Å². The van der Waals surface area contributed by atoms with E-state index in [2.05, 4.69) is 36.3 Å². The zero-order valence-electron chi connectivity index (χ0n) is 12.4. The summed E-state index contributed by atoms with van der Waals surface area (Å²) in [5, 5.41) is 13.3. The standard InChI is InChI=1S/C14H27N3OS/c1-4-7-8-12(6-3)10-18-11-13-16-17-14(19-13)15-9-5-2/h12H,4-11H2,1-3H3,(H,15,17). The molecule has 0 radical (unpaired) electrons. The Labute approximate surface area is 121 Å². The van der Waals surface area contributed by atoms with E-state index >= 15 is 0 Å². The molecule has 1 N–H and O–H groups in total. The van der Waals surface area contributed by atoms with Gasteiger partial charge in [0.2, 0.25) is 5.13 Å². The van der Waals surface area contributed by atoms with E-state index in [4.69, 9.17) is 4.74 Å². The van der Waals surface area contributed by atoms with E-state index in [1.165, 1.54) is 25.7 Å². The molecule has 0 aliphatic rings. The molecule has 0 spiro atoms. The first-order valence-electron chi connectivity index (χ1n) is 7.44. The lowest BCUT2D eigenvalue weighted by Crippen LogP contribution is -2.08. The molecule has 1 unspecified atom stereocenters. The minimum atomic E-state index is 0.591. The number of hydrogen-bond acceptors (Lipinski definition) is 5. The first kappa shape index (κ1) is 16.4. The molecule has 1 rings (SSSR count). The van der Waals surface area contributed by atoms with Crippen molar-refractivity contribution >= 4 is 16.5 Å². The van der Waals surface area contributed by atoms with Crippen LogP contribution >= 0.6 is 11.3 Å². The second kappa shape index (κ2) is 10.1. The third-order valence-corrected chi connectivity index (χ3v) is 3.97. The lowest BCUT2D eigenvalue weighted by molar-refractivity contribution is 0.0815. The molecular weight excluding hydrogens is 258 g/mol. The van der Waals surface area contributed by atoms with Gasteiger partial charge < -0.3 is 10.1 Å². The first-order valence-corrected chi connectivity index (χ1v) is 8.25. The summed E-state index contributed by atoms with van der Waals surface area (Å²) >= 11 is 1.59. The molecule has 19 heavy (non-hydrogen) atoms. The first-order chi connectivity index (χ1) is 9.30. The molecule has 1 aromatic rings. The molecule has 0 amide bonds. The van der Waals surface area contributed by atoms with Gasteiger partial charge >= 0.3 is 0 Å². The molecular formula is C14H27N3OS. The number of rotatable bonds is 11. The maximum Gasteiger partial charge on any atom is 0.205 e. The van der Waals surface area contributed by atoms with Crippen molar-refractivity contribution in [3.8, 4) is 0 Å². The van der Waals surface area contributed by atoms with Gasteiger partial charge in [0.1, 0.15) is 11.6 Å². The SMILES string of the molecule is CCCCC(CC)COCc1nnc(NCCC)s1. The fraction of sp³-hybridized carbons (Fsp3) is 0.857. The normalized spacial score (nSPS) is 12.6. The number of anilines is 1. The minimum absolute atomic E-state index is 0.591. The van der Waals surface area contributed by atoms with E-state index in [1.807, 2.05) is 0 Å². The van der Waals surface area contributed by atoms with Gasteiger partial charge in [-0.1, -0.05) is 51.4 Å². The van der Waals surface area contributed by atoms with E-state index < -0.39 is 0 Å². The Morgan fingerprint density at radius 2 is 2.05 bits per heavy atom. The molecule has 4 nitrogen and oxygen atoms in total. The summed E-state index contributed by atoms with van der Waals surface area (Å²) in [5.41, 5.74) is 0. The Hall–Kier alpha value is -0.680. The summed E-state index contributed by atoms with van der Waals surface area (Å²) in [6.07, 6.45) is 6.12. The summed E-state index contributed by atoms with van der Waals surface area (Å²) < 4.78 is 5.77. The summed E-state index contributed by atoms with van der Waals surface area (Å²) in [7, 11) is 0. The van der Waals surface area contributed by atoms with Crippen molar-refractivity contribution in [1.29, 1.82) is 0 Å². The Balaban J connectivity index is 2.22. The maximum absolute atomic E-state index is 5.77. The number of hydrogen-bond donors (Lipinski definition) is 1. The Morgan fingerprint density at radius 1 is 1.21 bits per heavy atom. The van der Waals surface area contributed by atoms with E-state index in [-0.39, 0.29) is 0 Å². The lowest BCUT2D eigenvalue weighted by Gasteiger charge is -2.13. The maximum atomic E-state index is 5.77. The van der Waals surface area contributed by atoms with Crippen LogP contribution in [0, 0.1) is 5.92 Å². The average molecular weight is 285 g/mol. The van der Waals surface area contributed by atoms with Crippen LogP contribution in [-0.4, -0.2) is 23.3 Å².